The van der Waals surface area contributed by atoms with Gasteiger partial charge >= 0.3 is 0 Å². The Morgan fingerprint density at radius 1 is 1.00 bits per heavy atom. The van der Waals surface area contributed by atoms with Gasteiger partial charge in [-0.25, -0.2) is 0 Å². The van der Waals surface area contributed by atoms with Crippen LogP contribution in [-0.4, -0.2) is 16.5 Å². The number of alkyl halides is 1. The van der Waals surface area contributed by atoms with Crippen LogP contribution in [0.2, 0.25) is 39.3 Å². The lowest BCUT2D eigenvalue weighted by Crippen LogP contribution is -2.59. The highest BCUT2D eigenvalue weighted by atomic mass is 35.5. The number of rotatable bonds is 4. The van der Waals surface area contributed by atoms with Gasteiger partial charge in [0, 0.05) is 11.6 Å². The Balaban J connectivity index is 3.23. The van der Waals surface area contributed by atoms with Gasteiger partial charge in [-0.1, -0.05) is 51.4 Å². The molecule has 4 heteroatoms. The molecule has 0 aromatic heterocycles. The largest absolute Gasteiger partial charge is 0.425 e. The number of benzene rings is 1. The van der Waals surface area contributed by atoms with Gasteiger partial charge in [-0.3, -0.25) is 0 Å². The Bertz CT molecular complexity index is 366. The number of hydrogen-bond acceptors (Lipinski definition) is 1. The van der Waals surface area contributed by atoms with Crippen LogP contribution in [0.15, 0.2) is 24.3 Å². The molecule has 0 amide bonds. The number of nitrogens with zero attached hydrogens (tertiary/aromatic N) is 1. The highest BCUT2D eigenvalue weighted by Crippen LogP contribution is 2.29. The van der Waals surface area contributed by atoms with Gasteiger partial charge in [-0.15, -0.1) is 11.6 Å². The summed E-state index contributed by atoms with van der Waals surface area (Å²) in [6, 6.07) is 8.71. The van der Waals surface area contributed by atoms with Crippen LogP contribution < -0.4 is 4.23 Å². The fourth-order valence-corrected chi connectivity index (χ4v) is 12.6. The van der Waals surface area contributed by atoms with Gasteiger partial charge in [0.2, 0.25) is 0 Å². The van der Waals surface area contributed by atoms with Gasteiger partial charge in [-0.2, -0.15) is 0 Å². The van der Waals surface area contributed by atoms with Crippen molar-refractivity contribution in [2.45, 2.75) is 45.2 Å². The van der Waals surface area contributed by atoms with E-state index in [0.717, 1.165) is 0 Å². The van der Waals surface area contributed by atoms with Crippen molar-refractivity contribution in [1.29, 1.82) is 0 Å². The Hall–Kier alpha value is -0.256. The molecule has 0 bridgehead atoms. The van der Waals surface area contributed by atoms with E-state index in [2.05, 4.69) is 67.8 Å². The zero-order valence-electron chi connectivity index (χ0n) is 11.8. The summed E-state index contributed by atoms with van der Waals surface area (Å²) >= 11 is 5.94. The van der Waals surface area contributed by atoms with Gasteiger partial charge in [0.05, 0.1) is 0 Å². The van der Waals surface area contributed by atoms with E-state index in [0.29, 0.717) is 5.88 Å². The number of hydrogen-bond donors (Lipinski definition) is 0. The van der Waals surface area contributed by atoms with Gasteiger partial charge < -0.3 is 4.23 Å². The van der Waals surface area contributed by atoms with Gasteiger partial charge in [0.15, 0.2) is 0 Å². The quantitative estimate of drug-likeness (QED) is 0.562. The molecule has 1 rings (SSSR count). The van der Waals surface area contributed by atoms with Crippen LogP contribution in [0.4, 0.5) is 5.69 Å². The molecule has 0 aliphatic heterocycles. The van der Waals surface area contributed by atoms with E-state index < -0.39 is 16.5 Å². The predicted molar refractivity (Wildman–Crippen MR) is 85.2 cm³/mol. The lowest BCUT2D eigenvalue weighted by Gasteiger charge is -2.46. The standard InChI is InChI=1S/C13H24ClNSi2/c1-16(2,3)15(17(4,5)6)13-9-7-8-12(10-13)11-14/h7-10H,11H2,1-6H3. The van der Waals surface area contributed by atoms with Crippen LogP contribution in [0.5, 0.6) is 0 Å². The third kappa shape index (κ3) is 3.86. The van der Waals surface area contributed by atoms with Crippen molar-refractivity contribution >= 4 is 33.8 Å². The second-order valence-electron chi connectivity index (χ2n) is 6.48. The molecule has 0 spiro atoms. The molecule has 0 aliphatic rings. The highest BCUT2D eigenvalue weighted by Gasteiger charge is 2.34. The fourth-order valence-electron chi connectivity index (χ4n) is 2.56. The van der Waals surface area contributed by atoms with Gasteiger partial charge in [-0.05, 0) is 17.7 Å². The Labute approximate surface area is 113 Å². The second kappa shape index (κ2) is 5.16. The lowest BCUT2D eigenvalue weighted by molar-refractivity contribution is 1.32. The van der Waals surface area contributed by atoms with Crippen LogP contribution in [-0.2, 0) is 5.88 Å². The van der Waals surface area contributed by atoms with Gasteiger partial charge in [0.1, 0.15) is 16.5 Å². The number of halogens is 1. The summed E-state index contributed by atoms with van der Waals surface area (Å²) in [6.07, 6.45) is 0. The molecule has 0 aliphatic carbocycles. The second-order valence-corrected chi connectivity index (χ2v) is 16.8. The molecule has 96 valence electrons. The number of anilines is 1. The molecule has 0 N–H and O–H groups in total. The Kier molecular flexibility index (Phi) is 4.50. The zero-order chi connectivity index (χ0) is 13.3. The minimum Gasteiger partial charge on any atom is -0.425 e. The topological polar surface area (TPSA) is 3.24 Å². The van der Waals surface area contributed by atoms with Crippen molar-refractivity contribution in [2.75, 3.05) is 4.23 Å². The van der Waals surface area contributed by atoms with E-state index in [1.165, 1.54) is 11.3 Å². The molecule has 0 atom stereocenters. The van der Waals surface area contributed by atoms with E-state index in [4.69, 9.17) is 11.6 Å². The van der Waals surface area contributed by atoms with E-state index in [1.54, 1.807) is 0 Å². The van der Waals surface area contributed by atoms with Gasteiger partial charge in [0.25, 0.3) is 0 Å². The Morgan fingerprint density at radius 2 is 1.53 bits per heavy atom. The lowest BCUT2D eigenvalue weighted by atomic mass is 10.2. The monoisotopic (exact) mass is 285 g/mol. The summed E-state index contributed by atoms with van der Waals surface area (Å²) in [5, 5.41) is 0. The molecule has 0 radical (unpaired) electrons. The van der Waals surface area contributed by atoms with E-state index in [9.17, 15) is 0 Å². The SMILES string of the molecule is C[Si](C)(C)N(c1cccc(CCl)c1)[Si](C)(C)C. The summed E-state index contributed by atoms with van der Waals surface area (Å²) < 4.78 is 2.72. The molecule has 0 saturated heterocycles. The van der Waals surface area contributed by atoms with Crippen molar-refractivity contribution in [3.05, 3.63) is 29.8 Å². The first kappa shape index (κ1) is 14.8. The summed E-state index contributed by atoms with van der Waals surface area (Å²) in [4.78, 5) is 0. The molecule has 0 saturated carbocycles. The third-order valence-electron chi connectivity index (χ3n) is 2.66. The van der Waals surface area contributed by atoms with E-state index in [-0.39, 0.29) is 0 Å². The summed E-state index contributed by atoms with van der Waals surface area (Å²) in [5.41, 5.74) is 2.58. The summed E-state index contributed by atoms with van der Waals surface area (Å²) in [7, 11) is -2.69. The van der Waals surface area contributed by atoms with Crippen molar-refractivity contribution in [2.24, 2.45) is 0 Å². The predicted octanol–water partition coefficient (Wildman–Crippen LogP) is 4.90. The average Bonchev–Trinajstić information content (AvgIpc) is 2.13. The first-order valence-electron chi connectivity index (χ1n) is 6.11. The molecule has 0 heterocycles. The molecule has 17 heavy (non-hydrogen) atoms. The van der Waals surface area contributed by atoms with Crippen LogP contribution in [0.25, 0.3) is 0 Å². The zero-order valence-corrected chi connectivity index (χ0v) is 14.6. The van der Waals surface area contributed by atoms with Crippen molar-refractivity contribution < 1.29 is 0 Å². The van der Waals surface area contributed by atoms with E-state index >= 15 is 0 Å². The first-order chi connectivity index (χ1) is 7.66. The molecule has 0 fully saturated rings. The van der Waals surface area contributed by atoms with E-state index in [1.807, 2.05) is 0 Å². The molecule has 0 unspecified atom stereocenters. The Morgan fingerprint density at radius 3 is 1.94 bits per heavy atom. The molecule has 1 aromatic carbocycles. The summed E-state index contributed by atoms with van der Waals surface area (Å²) in [6.45, 7) is 14.5. The maximum Gasteiger partial charge on any atom is 0.138 e. The molecule has 1 nitrogen and oxygen atoms in total. The average molecular weight is 286 g/mol. The van der Waals surface area contributed by atoms with Crippen molar-refractivity contribution in [3.63, 3.8) is 0 Å². The molecular formula is C13H24ClNSi2. The maximum atomic E-state index is 5.94. The summed E-state index contributed by atoms with van der Waals surface area (Å²) in [5.74, 6) is 0.596. The maximum absolute atomic E-state index is 5.94. The van der Waals surface area contributed by atoms with Crippen LogP contribution in [0.1, 0.15) is 5.56 Å². The third-order valence-corrected chi connectivity index (χ3v) is 10.2. The first-order valence-corrected chi connectivity index (χ1v) is 13.5. The normalized spacial score (nSPS) is 12.6. The van der Waals surface area contributed by atoms with Crippen molar-refractivity contribution in [3.8, 4) is 0 Å². The fraction of sp³-hybridized carbons (Fsp3) is 0.538. The smallest absolute Gasteiger partial charge is 0.138 e. The van der Waals surface area contributed by atoms with Crippen LogP contribution in [0, 0.1) is 0 Å². The highest BCUT2D eigenvalue weighted by molar-refractivity contribution is 6.99. The minimum atomic E-state index is -1.35. The van der Waals surface area contributed by atoms with Crippen molar-refractivity contribution in [1.82, 2.24) is 0 Å². The van der Waals surface area contributed by atoms with Crippen LogP contribution >= 0.6 is 11.6 Å². The molecule has 1 aromatic rings. The molecular weight excluding hydrogens is 262 g/mol. The van der Waals surface area contributed by atoms with Crippen LogP contribution in [0.3, 0.4) is 0 Å². The minimum absolute atomic E-state index is 0.596.